The molecule has 5 nitrogen and oxygen atoms in total. The number of aromatic nitrogens is 1. The van der Waals surface area contributed by atoms with Gasteiger partial charge in [0.2, 0.25) is 0 Å². The molecule has 0 radical (unpaired) electrons. The van der Waals surface area contributed by atoms with Crippen molar-refractivity contribution < 1.29 is 19.7 Å². The highest BCUT2D eigenvalue weighted by Crippen LogP contribution is 2.16. The number of hydrogen-bond acceptors (Lipinski definition) is 5. The number of esters is 1. The Morgan fingerprint density at radius 2 is 2.06 bits per heavy atom. The van der Waals surface area contributed by atoms with Crippen LogP contribution in [-0.2, 0) is 22.6 Å². The average molecular weight is 253 g/mol. The molecule has 100 valence electrons. The highest BCUT2D eigenvalue weighted by atomic mass is 16.6. The van der Waals surface area contributed by atoms with Crippen molar-refractivity contribution in [1.82, 2.24) is 4.98 Å². The molecule has 0 amide bonds. The molecular weight excluding hydrogens is 234 g/mol. The summed E-state index contributed by atoms with van der Waals surface area (Å²) in [6, 6.07) is 3.09. The Bertz CT molecular complexity index is 423. The van der Waals surface area contributed by atoms with Crippen LogP contribution in [-0.4, -0.2) is 26.8 Å². The molecule has 0 aliphatic carbocycles. The van der Waals surface area contributed by atoms with Crippen molar-refractivity contribution in [3.05, 3.63) is 23.5 Å². The third kappa shape index (κ3) is 4.71. The largest absolute Gasteiger partial charge is 0.506 e. The quantitative estimate of drug-likeness (QED) is 0.796. The van der Waals surface area contributed by atoms with Crippen LogP contribution in [0.3, 0.4) is 0 Å². The van der Waals surface area contributed by atoms with E-state index in [9.17, 15) is 9.90 Å². The fourth-order valence-electron chi connectivity index (χ4n) is 1.42. The maximum absolute atomic E-state index is 11.5. The molecule has 0 saturated carbocycles. The van der Waals surface area contributed by atoms with E-state index >= 15 is 0 Å². The third-order valence-corrected chi connectivity index (χ3v) is 2.16. The summed E-state index contributed by atoms with van der Waals surface area (Å²) in [6.07, 6.45) is 0.641. The van der Waals surface area contributed by atoms with Crippen LogP contribution in [0.5, 0.6) is 5.75 Å². The van der Waals surface area contributed by atoms with E-state index in [-0.39, 0.29) is 30.4 Å². The van der Waals surface area contributed by atoms with Gasteiger partial charge in [0.1, 0.15) is 17.0 Å². The minimum absolute atomic E-state index is 0.0430. The molecule has 0 bridgehead atoms. The molecule has 0 spiro atoms. The van der Waals surface area contributed by atoms with Crippen LogP contribution in [0, 0.1) is 0 Å². The highest BCUT2D eigenvalue weighted by Gasteiger charge is 2.16. The first kappa shape index (κ1) is 14.4. The van der Waals surface area contributed by atoms with Crippen LogP contribution in [0.2, 0.25) is 0 Å². The Balaban J connectivity index is 2.56. The fourth-order valence-corrected chi connectivity index (χ4v) is 1.42. The van der Waals surface area contributed by atoms with Crippen molar-refractivity contribution in [2.45, 2.75) is 45.8 Å². The number of rotatable bonds is 4. The Labute approximate surface area is 106 Å². The van der Waals surface area contributed by atoms with Crippen molar-refractivity contribution in [1.29, 1.82) is 0 Å². The van der Waals surface area contributed by atoms with E-state index in [1.165, 1.54) is 6.07 Å². The summed E-state index contributed by atoms with van der Waals surface area (Å²) in [5.41, 5.74) is 0.370. The van der Waals surface area contributed by atoms with Crippen LogP contribution >= 0.6 is 0 Å². The van der Waals surface area contributed by atoms with Gasteiger partial charge in [0, 0.05) is 12.1 Å². The van der Waals surface area contributed by atoms with Gasteiger partial charge in [0.15, 0.2) is 0 Å². The Hall–Kier alpha value is -1.62. The average Bonchev–Trinajstić information content (AvgIpc) is 2.25. The molecule has 0 aliphatic rings. The van der Waals surface area contributed by atoms with Crippen LogP contribution < -0.4 is 0 Å². The number of aryl methyl sites for hydroxylation is 1. The predicted octanol–water partition coefficient (Wildman–Crippen LogP) is 1.55. The van der Waals surface area contributed by atoms with Crippen molar-refractivity contribution in [2.24, 2.45) is 0 Å². The van der Waals surface area contributed by atoms with E-state index in [4.69, 9.17) is 9.84 Å². The molecule has 2 N–H and O–H groups in total. The molecule has 18 heavy (non-hydrogen) atoms. The standard InChI is InChI=1S/C13H19NO4/c1-13(2,3)18-12(17)7-5-9-4-6-11(16)10(8-15)14-9/h4,6,15-16H,5,7-8H2,1-3H3. The minimum atomic E-state index is -0.490. The molecular formula is C13H19NO4. The number of aliphatic hydroxyl groups is 1. The summed E-state index contributed by atoms with van der Waals surface area (Å²) >= 11 is 0. The van der Waals surface area contributed by atoms with E-state index in [0.717, 1.165) is 0 Å². The molecule has 5 heteroatoms. The molecule has 1 aromatic heterocycles. The van der Waals surface area contributed by atoms with Crippen molar-refractivity contribution in [3.63, 3.8) is 0 Å². The lowest BCUT2D eigenvalue weighted by Crippen LogP contribution is -2.24. The van der Waals surface area contributed by atoms with Gasteiger partial charge < -0.3 is 14.9 Å². The number of carbonyl (C=O) groups is 1. The minimum Gasteiger partial charge on any atom is -0.506 e. The second-order valence-electron chi connectivity index (χ2n) is 5.01. The van der Waals surface area contributed by atoms with Gasteiger partial charge in [0.05, 0.1) is 13.0 Å². The van der Waals surface area contributed by atoms with Gasteiger partial charge in [-0.2, -0.15) is 0 Å². The summed E-state index contributed by atoms with van der Waals surface area (Å²) in [4.78, 5) is 15.6. The third-order valence-electron chi connectivity index (χ3n) is 2.16. The number of aliphatic hydroxyl groups excluding tert-OH is 1. The summed E-state index contributed by atoms with van der Waals surface area (Å²) < 4.78 is 5.17. The zero-order valence-electron chi connectivity index (χ0n) is 10.9. The monoisotopic (exact) mass is 253 g/mol. The first-order valence-corrected chi connectivity index (χ1v) is 5.82. The van der Waals surface area contributed by atoms with Crippen LogP contribution in [0.25, 0.3) is 0 Å². The first-order valence-electron chi connectivity index (χ1n) is 5.82. The van der Waals surface area contributed by atoms with E-state index in [0.29, 0.717) is 12.1 Å². The first-order chi connectivity index (χ1) is 8.31. The molecule has 0 fully saturated rings. The Morgan fingerprint density at radius 3 is 2.61 bits per heavy atom. The molecule has 0 aliphatic heterocycles. The predicted molar refractivity (Wildman–Crippen MR) is 66.0 cm³/mol. The maximum atomic E-state index is 11.5. The van der Waals surface area contributed by atoms with E-state index in [1.54, 1.807) is 6.07 Å². The molecule has 0 unspecified atom stereocenters. The number of pyridine rings is 1. The van der Waals surface area contributed by atoms with Crippen molar-refractivity contribution >= 4 is 5.97 Å². The Morgan fingerprint density at radius 1 is 1.39 bits per heavy atom. The molecule has 1 heterocycles. The van der Waals surface area contributed by atoms with Gasteiger partial charge in [-0.15, -0.1) is 0 Å². The van der Waals surface area contributed by atoms with Gasteiger partial charge in [-0.1, -0.05) is 0 Å². The van der Waals surface area contributed by atoms with Crippen molar-refractivity contribution in [3.8, 4) is 5.75 Å². The molecule has 1 aromatic rings. The number of nitrogens with zero attached hydrogens (tertiary/aromatic N) is 1. The Kier molecular flexibility index (Phi) is 4.67. The molecule has 0 atom stereocenters. The van der Waals surface area contributed by atoms with Gasteiger partial charge in [-0.25, -0.2) is 0 Å². The topological polar surface area (TPSA) is 79.7 Å². The fraction of sp³-hybridized carbons (Fsp3) is 0.538. The molecule has 0 saturated heterocycles. The van der Waals surface area contributed by atoms with Crippen LogP contribution in [0.15, 0.2) is 12.1 Å². The second kappa shape index (κ2) is 5.82. The van der Waals surface area contributed by atoms with E-state index in [1.807, 2.05) is 20.8 Å². The zero-order valence-corrected chi connectivity index (χ0v) is 10.9. The highest BCUT2D eigenvalue weighted by molar-refractivity contribution is 5.70. The summed E-state index contributed by atoms with van der Waals surface area (Å²) in [7, 11) is 0. The van der Waals surface area contributed by atoms with Gasteiger partial charge >= 0.3 is 5.97 Å². The molecule has 0 aromatic carbocycles. The lowest BCUT2D eigenvalue weighted by Gasteiger charge is -2.19. The maximum Gasteiger partial charge on any atom is 0.306 e. The SMILES string of the molecule is CC(C)(C)OC(=O)CCc1ccc(O)c(CO)n1. The van der Waals surface area contributed by atoms with Gasteiger partial charge in [-0.3, -0.25) is 9.78 Å². The lowest BCUT2D eigenvalue weighted by atomic mass is 10.1. The van der Waals surface area contributed by atoms with Gasteiger partial charge in [-0.05, 0) is 32.9 Å². The van der Waals surface area contributed by atoms with Crippen LogP contribution in [0.4, 0.5) is 0 Å². The summed E-state index contributed by atoms with van der Waals surface area (Å²) in [5, 5.41) is 18.3. The zero-order chi connectivity index (χ0) is 13.8. The van der Waals surface area contributed by atoms with E-state index in [2.05, 4.69) is 4.98 Å². The number of aromatic hydroxyl groups is 1. The second-order valence-corrected chi connectivity index (χ2v) is 5.01. The number of hydrogen-bond donors (Lipinski definition) is 2. The number of carbonyl (C=O) groups excluding carboxylic acids is 1. The summed E-state index contributed by atoms with van der Waals surface area (Å²) in [5.74, 6) is -0.332. The number of ether oxygens (including phenoxy) is 1. The van der Waals surface area contributed by atoms with Crippen molar-refractivity contribution in [2.75, 3.05) is 0 Å². The lowest BCUT2D eigenvalue weighted by molar-refractivity contribution is -0.154. The summed E-state index contributed by atoms with van der Waals surface area (Å²) in [6.45, 7) is 5.11. The van der Waals surface area contributed by atoms with Crippen LogP contribution in [0.1, 0.15) is 38.6 Å². The molecule has 1 rings (SSSR count). The smallest absolute Gasteiger partial charge is 0.306 e. The normalized spacial score (nSPS) is 11.3. The van der Waals surface area contributed by atoms with E-state index < -0.39 is 5.60 Å². The van der Waals surface area contributed by atoms with Gasteiger partial charge in [0.25, 0.3) is 0 Å².